The van der Waals surface area contributed by atoms with Crippen molar-refractivity contribution in [3.63, 3.8) is 0 Å². The van der Waals surface area contributed by atoms with Crippen LogP contribution in [0.5, 0.6) is 0 Å². The standard InChI is InChI=1S/C28H25ClN2O3S/c1-34-28(33)25-19-12-4-2-3-5-15-24(19)35-27(25)31-26(32)20-16-23(18-11-6-8-13-21(18)29)30-22-14-9-7-10-17(20)22/h6-11,13-14,16H,2-5,12,15H2,1H3,(H,31,32). The van der Waals surface area contributed by atoms with Crippen LogP contribution in [0.3, 0.4) is 0 Å². The molecule has 0 unspecified atom stereocenters. The molecule has 5 rings (SSSR count). The topological polar surface area (TPSA) is 68.3 Å². The molecule has 4 aromatic rings. The quantitative estimate of drug-likeness (QED) is 0.296. The van der Waals surface area contributed by atoms with Gasteiger partial charge < -0.3 is 10.1 Å². The van der Waals surface area contributed by atoms with Gasteiger partial charge >= 0.3 is 5.97 Å². The summed E-state index contributed by atoms with van der Waals surface area (Å²) in [5.41, 5.74) is 4.05. The number of rotatable bonds is 4. The van der Waals surface area contributed by atoms with Crippen LogP contribution in [0.2, 0.25) is 5.02 Å². The molecule has 1 aliphatic rings. The molecule has 0 aliphatic heterocycles. The number of hydrogen-bond donors (Lipinski definition) is 1. The zero-order valence-electron chi connectivity index (χ0n) is 19.4. The lowest BCUT2D eigenvalue weighted by atomic mass is 9.96. The zero-order valence-corrected chi connectivity index (χ0v) is 21.0. The number of aryl methyl sites for hydroxylation is 1. The van der Waals surface area contributed by atoms with Crippen molar-refractivity contribution < 1.29 is 14.3 Å². The number of nitrogens with one attached hydrogen (secondary N) is 1. The number of para-hydroxylation sites is 1. The maximum absolute atomic E-state index is 13.7. The average Bonchev–Trinajstić information content (AvgIpc) is 3.18. The van der Waals surface area contributed by atoms with E-state index in [0.29, 0.717) is 32.4 Å². The van der Waals surface area contributed by atoms with Crippen LogP contribution in [-0.2, 0) is 17.6 Å². The van der Waals surface area contributed by atoms with Crippen LogP contribution >= 0.6 is 22.9 Å². The summed E-state index contributed by atoms with van der Waals surface area (Å²) >= 11 is 7.93. The Morgan fingerprint density at radius 3 is 2.54 bits per heavy atom. The third kappa shape index (κ3) is 4.68. The molecule has 0 radical (unpaired) electrons. The van der Waals surface area contributed by atoms with Gasteiger partial charge in [-0.15, -0.1) is 11.3 Å². The highest BCUT2D eigenvalue weighted by Crippen LogP contribution is 2.38. The molecule has 0 atom stereocenters. The van der Waals surface area contributed by atoms with E-state index in [1.165, 1.54) is 24.9 Å². The lowest BCUT2D eigenvalue weighted by Crippen LogP contribution is -2.15. The van der Waals surface area contributed by atoms with Crippen molar-refractivity contribution in [2.45, 2.75) is 38.5 Å². The highest BCUT2D eigenvalue weighted by atomic mass is 35.5. The summed E-state index contributed by atoms with van der Waals surface area (Å²) in [6.45, 7) is 0. The first kappa shape index (κ1) is 23.5. The normalized spacial score (nSPS) is 13.5. The smallest absolute Gasteiger partial charge is 0.341 e. The van der Waals surface area contributed by atoms with Crippen LogP contribution in [0.4, 0.5) is 5.00 Å². The Kier molecular flexibility index (Phi) is 6.84. The van der Waals surface area contributed by atoms with Crippen LogP contribution in [0, 0.1) is 0 Å². The van der Waals surface area contributed by atoms with E-state index in [4.69, 9.17) is 21.3 Å². The summed E-state index contributed by atoms with van der Waals surface area (Å²) in [4.78, 5) is 32.4. The van der Waals surface area contributed by atoms with E-state index >= 15 is 0 Å². The predicted molar refractivity (Wildman–Crippen MR) is 142 cm³/mol. The summed E-state index contributed by atoms with van der Waals surface area (Å²) in [5.74, 6) is -0.703. The molecule has 1 aliphatic carbocycles. The number of methoxy groups -OCH3 is 1. The number of anilines is 1. The van der Waals surface area contributed by atoms with E-state index in [1.807, 2.05) is 42.5 Å². The highest BCUT2D eigenvalue weighted by Gasteiger charge is 2.27. The van der Waals surface area contributed by atoms with Crippen LogP contribution in [0.1, 0.15) is 56.8 Å². The van der Waals surface area contributed by atoms with Crippen molar-refractivity contribution in [3.8, 4) is 11.3 Å². The predicted octanol–water partition coefficient (Wildman–Crippen LogP) is 7.31. The number of thiophene rings is 1. The van der Waals surface area contributed by atoms with Crippen molar-refractivity contribution in [2.24, 2.45) is 0 Å². The summed E-state index contributed by atoms with van der Waals surface area (Å²) in [7, 11) is 1.38. The van der Waals surface area contributed by atoms with Gasteiger partial charge in [0, 0.05) is 20.8 Å². The van der Waals surface area contributed by atoms with Gasteiger partial charge in [-0.25, -0.2) is 9.78 Å². The Hall–Kier alpha value is -3.22. The van der Waals surface area contributed by atoms with Crippen molar-refractivity contribution in [2.75, 3.05) is 12.4 Å². The first-order chi connectivity index (χ1) is 17.1. The number of ether oxygens (including phenoxy) is 1. The Morgan fingerprint density at radius 2 is 1.74 bits per heavy atom. The summed E-state index contributed by atoms with van der Waals surface area (Å²) < 4.78 is 5.11. The van der Waals surface area contributed by atoms with Crippen LogP contribution in [0.25, 0.3) is 22.2 Å². The Labute approximate surface area is 213 Å². The molecule has 5 nitrogen and oxygen atoms in total. The number of fused-ring (bicyclic) bond motifs is 2. The first-order valence-electron chi connectivity index (χ1n) is 11.8. The number of nitrogens with zero attached hydrogens (tertiary/aromatic N) is 1. The monoisotopic (exact) mass is 504 g/mol. The molecule has 0 spiro atoms. The first-order valence-corrected chi connectivity index (χ1v) is 12.9. The van der Waals surface area contributed by atoms with Crippen molar-refractivity contribution in [1.29, 1.82) is 0 Å². The fourth-order valence-corrected chi connectivity index (χ4v) is 6.17. The molecule has 0 bridgehead atoms. The van der Waals surface area contributed by atoms with E-state index in [9.17, 15) is 9.59 Å². The molecular formula is C28H25ClN2O3S. The molecule has 0 saturated carbocycles. The summed E-state index contributed by atoms with van der Waals surface area (Å²) in [5, 5.41) is 4.89. The van der Waals surface area contributed by atoms with Crippen molar-refractivity contribution in [1.82, 2.24) is 4.98 Å². The van der Waals surface area contributed by atoms with Gasteiger partial charge in [0.2, 0.25) is 0 Å². The number of amides is 1. The fraction of sp³-hybridized carbons (Fsp3) is 0.250. The number of hydrogen-bond acceptors (Lipinski definition) is 5. The number of esters is 1. The van der Waals surface area contributed by atoms with Crippen LogP contribution in [-0.4, -0.2) is 24.0 Å². The SMILES string of the molecule is COC(=O)c1c(NC(=O)c2cc(-c3ccccc3Cl)nc3ccccc23)sc2c1CCCCCC2. The third-order valence-corrected chi connectivity index (χ3v) is 7.94. The molecule has 178 valence electrons. The molecule has 2 aromatic carbocycles. The van der Waals surface area contributed by atoms with Gasteiger partial charge in [-0.3, -0.25) is 4.79 Å². The summed E-state index contributed by atoms with van der Waals surface area (Å²) in [6, 6.07) is 16.7. The third-order valence-electron chi connectivity index (χ3n) is 6.40. The van der Waals surface area contributed by atoms with Crippen molar-refractivity contribution in [3.05, 3.63) is 81.2 Å². The molecular weight excluding hydrogens is 480 g/mol. The number of benzene rings is 2. The summed E-state index contributed by atoms with van der Waals surface area (Å²) in [6.07, 6.45) is 6.16. The maximum atomic E-state index is 13.7. The Bertz CT molecular complexity index is 1430. The second-order valence-corrected chi connectivity index (χ2v) is 10.1. The lowest BCUT2D eigenvalue weighted by molar-refractivity contribution is 0.0601. The van der Waals surface area contributed by atoms with Gasteiger partial charge in [-0.1, -0.05) is 60.8 Å². The van der Waals surface area contributed by atoms with Gasteiger partial charge in [0.1, 0.15) is 5.00 Å². The minimum absolute atomic E-state index is 0.295. The number of aromatic nitrogens is 1. The van der Waals surface area contributed by atoms with Gasteiger partial charge in [-0.05, 0) is 49.4 Å². The molecule has 1 N–H and O–H groups in total. The van der Waals surface area contributed by atoms with Crippen LogP contribution < -0.4 is 5.32 Å². The molecule has 0 fully saturated rings. The largest absolute Gasteiger partial charge is 0.465 e. The van der Waals surface area contributed by atoms with Crippen LogP contribution in [0.15, 0.2) is 54.6 Å². The van der Waals surface area contributed by atoms with Gasteiger partial charge in [0.25, 0.3) is 5.91 Å². The second kappa shape index (κ2) is 10.2. The minimum atomic E-state index is -0.408. The van der Waals surface area contributed by atoms with Gasteiger partial charge in [-0.2, -0.15) is 0 Å². The molecule has 1 amide bonds. The van der Waals surface area contributed by atoms with E-state index in [1.54, 1.807) is 12.1 Å². The Balaban J connectivity index is 1.59. The zero-order chi connectivity index (χ0) is 24.4. The fourth-order valence-electron chi connectivity index (χ4n) is 4.67. The molecule has 2 aromatic heterocycles. The minimum Gasteiger partial charge on any atom is -0.465 e. The molecule has 7 heteroatoms. The number of carbonyl (C=O) groups is 2. The maximum Gasteiger partial charge on any atom is 0.341 e. The molecule has 35 heavy (non-hydrogen) atoms. The van der Waals surface area contributed by atoms with E-state index < -0.39 is 5.97 Å². The Morgan fingerprint density at radius 1 is 1.00 bits per heavy atom. The van der Waals surface area contributed by atoms with E-state index in [0.717, 1.165) is 53.5 Å². The van der Waals surface area contributed by atoms with E-state index in [2.05, 4.69) is 5.32 Å². The number of pyridine rings is 1. The van der Waals surface area contributed by atoms with Crippen molar-refractivity contribution >= 4 is 50.7 Å². The lowest BCUT2D eigenvalue weighted by Gasteiger charge is -2.12. The van der Waals surface area contributed by atoms with Gasteiger partial charge in [0.15, 0.2) is 0 Å². The average molecular weight is 505 g/mol. The number of halogens is 1. The molecule has 0 saturated heterocycles. The van der Waals surface area contributed by atoms with Gasteiger partial charge in [0.05, 0.1) is 29.4 Å². The second-order valence-electron chi connectivity index (χ2n) is 8.62. The highest BCUT2D eigenvalue weighted by molar-refractivity contribution is 7.17. The number of carbonyl (C=O) groups excluding carboxylic acids is 2. The molecule has 2 heterocycles. The van der Waals surface area contributed by atoms with E-state index in [-0.39, 0.29) is 5.91 Å².